The third-order valence-corrected chi connectivity index (χ3v) is 16.1. The largest absolute Gasteiger partial charge is 0.481 e. The van der Waals surface area contributed by atoms with Crippen molar-refractivity contribution < 1.29 is 157 Å². The molecule has 634 valence electrons. The standard InChI is InChI=1S/C70H126N6O33/c1-51(77)74-60-64-62(106-68(3,4)108-64)53(104-66(60)86-8)46-99-44-42-97-40-38-95-34-31-91-24-16-72-56(80)11-20-102-49-70(76-58(82)13-18-88-28-29-89-22-14-59(83)84,48-101-19-10-55(79)71-15-23-90-30-33-94-37-36-93-27-26-85-7)50-103-21-12-57(81)73-17-25-92-32-35-96-39-41-98-43-45-100-47-54-63-65(109-69(5,6)107-63)61(75-52(2)78)67(87-9)105-54/h53-54,60-67H,10-50H2,1-9H3,(H,71,79)(H,72,80)(H,73,81)(H,74,77)(H,75,78)(H,76,82)(H,83,84)/t53-,54-,60-,61-,62+,63+,64-,65-,66-,67-/m1/s1. The van der Waals surface area contributed by atoms with Gasteiger partial charge in [0.05, 0.1) is 224 Å². The molecule has 4 aliphatic heterocycles. The fourth-order valence-corrected chi connectivity index (χ4v) is 11.2. The van der Waals surface area contributed by atoms with E-state index in [1.165, 1.54) is 28.1 Å². The first kappa shape index (κ1) is 96.7. The molecule has 0 aliphatic carbocycles. The Bertz CT molecular complexity index is 2350. The summed E-state index contributed by atoms with van der Waals surface area (Å²) in [4.78, 5) is 87.1. The van der Waals surface area contributed by atoms with E-state index in [1.807, 2.05) is 0 Å². The van der Waals surface area contributed by atoms with Crippen LogP contribution in [-0.4, -0.2) is 384 Å². The van der Waals surface area contributed by atoms with Gasteiger partial charge in [-0.1, -0.05) is 0 Å². The van der Waals surface area contributed by atoms with Crippen LogP contribution < -0.4 is 31.9 Å². The number of carboxylic acids is 1. The Kier molecular flexibility index (Phi) is 51.6. The summed E-state index contributed by atoms with van der Waals surface area (Å²) in [5.41, 5.74) is -1.41. The number of carboxylic acid groups (broad SMARTS) is 1. The molecule has 4 rings (SSSR count). The number of carbonyl (C=O) groups is 7. The predicted octanol–water partition coefficient (Wildman–Crippen LogP) is -2.07. The molecule has 4 heterocycles. The first-order valence-electron chi connectivity index (χ1n) is 37.3. The molecule has 4 aliphatic rings. The van der Waals surface area contributed by atoms with Gasteiger partial charge in [0.2, 0.25) is 35.4 Å². The van der Waals surface area contributed by atoms with Gasteiger partial charge >= 0.3 is 5.97 Å². The van der Waals surface area contributed by atoms with Gasteiger partial charge in [0.15, 0.2) is 24.2 Å². The molecule has 39 heteroatoms. The Labute approximate surface area is 639 Å². The average Bonchev–Trinajstić information content (AvgIpc) is 1.63. The summed E-state index contributed by atoms with van der Waals surface area (Å²) in [6.07, 6.45) is -5.01. The lowest BCUT2D eigenvalue weighted by molar-refractivity contribution is -0.245. The number of ether oxygens (including phenoxy) is 25. The lowest BCUT2D eigenvalue weighted by Crippen LogP contribution is -2.63. The van der Waals surface area contributed by atoms with Crippen LogP contribution in [0.4, 0.5) is 0 Å². The monoisotopic (exact) mass is 1580 g/mol. The van der Waals surface area contributed by atoms with E-state index in [9.17, 15) is 33.6 Å². The van der Waals surface area contributed by atoms with Crippen molar-refractivity contribution in [1.82, 2.24) is 31.9 Å². The zero-order valence-electron chi connectivity index (χ0n) is 65.3. The molecule has 6 amide bonds. The molecule has 0 unspecified atom stereocenters. The van der Waals surface area contributed by atoms with Crippen molar-refractivity contribution in [1.29, 1.82) is 0 Å². The van der Waals surface area contributed by atoms with Crippen molar-refractivity contribution in [3.05, 3.63) is 0 Å². The third kappa shape index (κ3) is 43.9. The molecule has 0 bridgehead atoms. The van der Waals surface area contributed by atoms with Crippen LogP contribution in [0, 0.1) is 0 Å². The van der Waals surface area contributed by atoms with Crippen molar-refractivity contribution in [3.8, 4) is 0 Å². The third-order valence-electron chi connectivity index (χ3n) is 16.1. The van der Waals surface area contributed by atoms with Crippen LogP contribution in [0.15, 0.2) is 0 Å². The van der Waals surface area contributed by atoms with Crippen LogP contribution in [0.5, 0.6) is 0 Å². The SMILES string of the molecule is COCCOCCOCCOCCNC(=O)CCOCC(COCCC(=O)NCCOCCOCCOCCOC[C@H]1O[C@@H](OC)[C@H](NC(C)=O)[C@H]2OC(C)(C)O[C@H]21)(COCCC(=O)NCCOCCOCCOCCOC[C@H]1O[C@@H](OC)[C@H](NC(C)=O)[C@H]2OC(C)(C)O[C@H]21)NC(=O)CCOCCOCCC(=O)O. The average molecular weight is 1580 g/mol. The van der Waals surface area contributed by atoms with Crippen molar-refractivity contribution >= 4 is 41.4 Å². The number of carbonyl (C=O) groups excluding carboxylic acids is 6. The smallest absolute Gasteiger partial charge is 0.305 e. The van der Waals surface area contributed by atoms with Crippen LogP contribution >= 0.6 is 0 Å². The van der Waals surface area contributed by atoms with Crippen LogP contribution in [0.25, 0.3) is 0 Å². The maximum Gasteiger partial charge on any atom is 0.305 e. The van der Waals surface area contributed by atoms with E-state index >= 15 is 0 Å². The number of nitrogens with one attached hydrogen (secondary N) is 6. The topological polar surface area (TPSA) is 443 Å². The Morgan fingerprint density at radius 1 is 0.349 bits per heavy atom. The lowest BCUT2D eigenvalue weighted by atomic mass is 9.97. The minimum Gasteiger partial charge on any atom is -0.481 e. The van der Waals surface area contributed by atoms with E-state index in [2.05, 4.69) is 31.9 Å². The van der Waals surface area contributed by atoms with Crippen LogP contribution in [0.3, 0.4) is 0 Å². The van der Waals surface area contributed by atoms with E-state index in [0.29, 0.717) is 79.3 Å². The maximum atomic E-state index is 13.7. The summed E-state index contributed by atoms with van der Waals surface area (Å²) in [5, 5.41) is 25.9. The highest BCUT2D eigenvalue weighted by atomic mass is 16.8. The molecular weight excluding hydrogens is 1450 g/mol. The second-order valence-corrected chi connectivity index (χ2v) is 26.2. The second kappa shape index (κ2) is 58.2. The van der Waals surface area contributed by atoms with E-state index < -0.39 is 90.3 Å². The number of amides is 6. The fraction of sp³-hybridized carbons (Fsp3) is 0.900. The number of aliphatic carboxylic acids is 1. The molecule has 0 aromatic heterocycles. The van der Waals surface area contributed by atoms with Gasteiger partial charge in [-0.3, -0.25) is 33.6 Å². The van der Waals surface area contributed by atoms with E-state index in [0.717, 1.165) is 0 Å². The van der Waals surface area contributed by atoms with Crippen molar-refractivity contribution in [2.45, 2.75) is 152 Å². The normalized spacial score (nSPS) is 22.0. The Hall–Kier alpha value is -4.71. The molecule has 4 saturated heterocycles. The van der Waals surface area contributed by atoms with Gasteiger partial charge < -0.3 is 155 Å². The van der Waals surface area contributed by atoms with Gasteiger partial charge in [-0.25, -0.2) is 0 Å². The first-order chi connectivity index (χ1) is 52.6. The van der Waals surface area contributed by atoms with Crippen LogP contribution in [0.1, 0.15) is 73.6 Å². The summed E-state index contributed by atoms with van der Waals surface area (Å²) in [6.45, 7) is 17.0. The van der Waals surface area contributed by atoms with E-state index in [-0.39, 0.29) is 220 Å². The van der Waals surface area contributed by atoms with Gasteiger partial charge in [-0.2, -0.15) is 0 Å². The molecule has 0 saturated carbocycles. The quantitative estimate of drug-likeness (QED) is 0.0322. The highest BCUT2D eigenvalue weighted by molar-refractivity contribution is 5.78. The number of rotatable bonds is 69. The highest BCUT2D eigenvalue weighted by Gasteiger charge is 2.57. The summed E-state index contributed by atoms with van der Waals surface area (Å²) >= 11 is 0. The number of hydrogen-bond acceptors (Lipinski definition) is 32. The lowest BCUT2D eigenvalue weighted by Gasteiger charge is -2.41. The molecule has 109 heavy (non-hydrogen) atoms. The molecule has 4 fully saturated rings. The highest BCUT2D eigenvalue weighted by Crippen LogP contribution is 2.39. The Morgan fingerprint density at radius 3 is 0.936 bits per heavy atom. The minimum atomic E-state index is -1.41. The first-order valence-corrected chi connectivity index (χ1v) is 37.3. The summed E-state index contributed by atoms with van der Waals surface area (Å²) in [7, 11) is 4.58. The van der Waals surface area contributed by atoms with Gasteiger partial charge in [0, 0.05) is 80.5 Å². The molecule has 0 aromatic carbocycles. The zero-order chi connectivity index (χ0) is 79.2. The molecule has 7 N–H and O–H groups in total. The molecular formula is C70H126N6O33. The minimum absolute atomic E-state index is 0.00207. The van der Waals surface area contributed by atoms with Crippen LogP contribution in [0.2, 0.25) is 0 Å². The van der Waals surface area contributed by atoms with Crippen molar-refractivity contribution in [3.63, 3.8) is 0 Å². The fourth-order valence-electron chi connectivity index (χ4n) is 11.2. The predicted molar refractivity (Wildman–Crippen MR) is 380 cm³/mol. The van der Waals surface area contributed by atoms with Gasteiger partial charge in [0.1, 0.15) is 54.2 Å². The second-order valence-electron chi connectivity index (χ2n) is 26.2. The molecule has 39 nitrogen and oxygen atoms in total. The Morgan fingerprint density at radius 2 is 0.624 bits per heavy atom. The number of hydrogen-bond donors (Lipinski definition) is 7. The molecule has 0 aromatic rings. The van der Waals surface area contributed by atoms with Crippen molar-refractivity contribution in [2.75, 3.05) is 259 Å². The van der Waals surface area contributed by atoms with Gasteiger partial charge in [-0.05, 0) is 27.7 Å². The summed E-state index contributed by atoms with van der Waals surface area (Å²) < 4.78 is 144. The van der Waals surface area contributed by atoms with E-state index in [4.69, 9.17) is 124 Å². The summed E-state index contributed by atoms with van der Waals surface area (Å²) in [5.74, 6) is -4.74. The molecule has 10 atom stereocenters. The van der Waals surface area contributed by atoms with Gasteiger partial charge in [-0.15, -0.1) is 0 Å². The number of methoxy groups -OCH3 is 3. The number of fused-ring (bicyclic) bond motifs is 2. The molecule has 0 radical (unpaired) electrons. The van der Waals surface area contributed by atoms with Gasteiger partial charge in [0.25, 0.3) is 0 Å². The zero-order valence-corrected chi connectivity index (χ0v) is 65.3. The maximum absolute atomic E-state index is 13.7. The molecule has 0 spiro atoms. The Balaban J connectivity index is 1.16. The van der Waals surface area contributed by atoms with E-state index in [1.54, 1.807) is 34.8 Å². The summed E-state index contributed by atoms with van der Waals surface area (Å²) in [6, 6.07) is -1.13. The van der Waals surface area contributed by atoms with Crippen molar-refractivity contribution in [2.24, 2.45) is 0 Å². The van der Waals surface area contributed by atoms with Crippen LogP contribution in [-0.2, 0) is 152 Å².